The Morgan fingerprint density at radius 3 is 2.80 bits per heavy atom. The van der Waals surface area contributed by atoms with E-state index in [1.54, 1.807) is 0 Å². The Hall–Kier alpha value is -1.18. The summed E-state index contributed by atoms with van der Waals surface area (Å²) in [5, 5.41) is 3.61. The first-order chi connectivity index (χ1) is 7.08. The van der Waals surface area contributed by atoms with Crippen LogP contribution in [0.4, 0.5) is 11.4 Å². The number of hydrogen-bond donors (Lipinski definition) is 1. The molecule has 1 aliphatic rings. The Morgan fingerprint density at radius 2 is 2.07 bits per heavy atom. The first-order valence-corrected chi connectivity index (χ1v) is 5.67. The maximum absolute atomic E-state index is 3.61. The molecule has 1 heterocycles. The molecular weight excluding hydrogens is 184 g/mol. The molecule has 0 spiro atoms. The summed E-state index contributed by atoms with van der Waals surface area (Å²) in [6, 6.07) is 5.08. The van der Waals surface area contributed by atoms with Crippen LogP contribution in [0.2, 0.25) is 0 Å². The molecule has 0 saturated heterocycles. The van der Waals surface area contributed by atoms with Gasteiger partial charge in [0.2, 0.25) is 0 Å². The predicted octanol–water partition coefficient (Wildman–Crippen LogP) is 2.94. The first-order valence-electron chi connectivity index (χ1n) is 5.67. The molecule has 0 aliphatic carbocycles. The highest BCUT2D eigenvalue weighted by Gasteiger charge is 2.17. The highest BCUT2D eigenvalue weighted by Crippen LogP contribution is 2.33. The van der Waals surface area contributed by atoms with Crippen LogP contribution in [0.1, 0.15) is 24.5 Å². The van der Waals surface area contributed by atoms with Crippen molar-refractivity contribution in [1.29, 1.82) is 0 Å². The van der Waals surface area contributed by atoms with E-state index in [0.29, 0.717) is 6.04 Å². The number of aryl methyl sites for hydroxylation is 2. The lowest BCUT2D eigenvalue weighted by molar-refractivity contribution is 0.711. The lowest BCUT2D eigenvalue weighted by Crippen LogP contribution is -2.19. The van der Waals surface area contributed by atoms with Gasteiger partial charge in [-0.3, -0.25) is 0 Å². The minimum Gasteiger partial charge on any atom is -0.381 e. The maximum Gasteiger partial charge on any atom is 0.0609 e. The van der Waals surface area contributed by atoms with Crippen LogP contribution in [0.15, 0.2) is 12.1 Å². The van der Waals surface area contributed by atoms with E-state index >= 15 is 0 Å². The number of anilines is 2. The molecule has 2 nitrogen and oxygen atoms in total. The largest absolute Gasteiger partial charge is 0.381 e. The number of hydrogen-bond acceptors (Lipinski definition) is 2. The van der Waals surface area contributed by atoms with Crippen LogP contribution in [-0.2, 0) is 0 Å². The smallest absolute Gasteiger partial charge is 0.0609 e. The summed E-state index contributed by atoms with van der Waals surface area (Å²) in [7, 11) is 2.18. The van der Waals surface area contributed by atoms with Crippen LogP contribution in [0.3, 0.4) is 0 Å². The van der Waals surface area contributed by atoms with Crippen molar-refractivity contribution in [1.82, 2.24) is 0 Å². The third kappa shape index (κ3) is 1.94. The van der Waals surface area contributed by atoms with Crippen molar-refractivity contribution in [2.24, 2.45) is 0 Å². The average Bonchev–Trinajstić information content (AvgIpc) is 2.30. The van der Waals surface area contributed by atoms with Crippen molar-refractivity contribution in [2.45, 2.75) is 33.2 Å². The van der Waals surface area contributed by atoms with Gasteiger partial charge in [-0.25, -0.2) is 0 Å². The number of nitrogens with zero attached hydrogens (tertiary/aromatic N) is 1. The molecule has 1 aromatic rings. The highest BCUT2D eigenvalue weighted by molar-refractivity contribution is 5.75. The van der Waals surface area contributed by atoms with Crippen molar-refractivity contribution in [3.05, 3.63) is 23.3 Å². The molecule has 0 saturated carbocycles. The fourth-order valence-corrected chi connectivity index (χ4v) is 2.26. The summed E-state index contributed by atoms with van der Waals surface area (Å²) < 4.78 is 0. The Morgan fingerprint density at radius 1 is 1.33 bits per heavy atom. The van der Waals surface area contributed by atoms with Crippen LogP contribution >= 0.6 is 0 Å². The molecule has 2 rings (SSSR count). The standard InChI is InChI=1S/C13H20N2/c1-9-7-10(2)13-12(8-9)15(4)6-5-11(3)14-13/h7-8,11,14H,5-6H2,1-4H3. The minimum absolute atomic E-state index is 0.565. The van der Waals surface area contributed by atoms with Crippen LogP contribution < -0.4 is 10.2 Å². The van der Waals surface area contributed by atoms with Crippen molar-refractivity contribution in [3.8, 4) is 0 Å². The van der Waals surface area contributed by atoms with E-state index in [1.807, 2.05) is 0 Å². The van der Waals surface area contributed by atoms with Gasteiger partial charge in [0.05, 0.1) is 11.4 Å². The number of rotatable bonds is 0. The molecule has 1 atom stereocenters. The Bertz CT molecular complexity index is 371. The molecule has 1 aromatic carbocycles. The van der Waals surface area contributed by atoms with Gasteiger partial charge in [-0.2, -0.15) is 0 Å². The van der Waals surface area contributed by atoms with Gasteiger partial charge in [0.1, 0.15) is 0 Å². The summed E-state index contributed by atoms with van der Waals surface area (Å²) in [5.74, 6) is 0. The summed E-state index contributed by atoms with van der Waals surface area (Å²) in [6.07, 6.45) is 1.20. The third-order valence-electron chi connectivity index (χ3n) is 3.16. The van der Waals surface area contributed by atoms with Gasteiger partial charge in [-0.05, 0) is 44.4 Å². The van der Waals surface area contributed by atoms with Gasteiger partial charge in [0.15, 0.2) is 0 Å². The second-order valence-corrected chi connectivity index (χ2v) is 4.73. The predicted molar refractivity (Wildman–Crippen MR) is 66.9 cm³/mol. The summed E-state index contributed by atoms with van der Waals surface area (Å²) in [4.78, 5) is 2.35. The SMILES string of the molecule is Cc1cc(C)c2c(c1)N(C)CCC(C)N2. The molecule has 0 amide bonds. The number of benzene rings is 1. The lowest BCUT2D eigenvalue weighted by Gasteiger charge is -2.21. The zero-order valence-electron chi connectivity index (χ0n) is 10.1. The third-order valence-corrected chi connectivity index (χ3v) is 3.16. The lowest BCUT2D eigenvalue weighted by atomic mass is 10.1. The summed E-state index contributed by atoms with van der Waals surface area (Å²) in [5.41, 5.74) is 5.35. The summed E-state index contributed by atoms with van der Waals surface area (Å²) >= 11 is 0. The first kappa shape index (κ1) is 10.3. The number of nitrogens with one attached hydrogen (secondary N) is 1. The molecule has 1 N–H and O–H groups in total. The van der Waals surface area contributed by atoms with Crippen LogP contribution in [0.5, 0.6) is 0 Å². The van der Waals surface area contributed by atoms with Crippen molar-refractivity contribution >= 4 is 11.4 Å². The van der Waals surface area contributed by atoms with Gasteiger partial charge in [-0.15, -0.1) is 0 Å². The minimum atomic E-state index is 0.565. The van der Waals surface area contributed by atoms with E-state index in [-0.39, 0.29) is 0 Å². The summed E-state index contributed by atoms with van der Waals surface area (Å²) in [6.45, 7) is 7.73. The fourth-order valence-electron chi connectivity index (χ4n) is 2.26. The zero-order chi connectivity index (χ0) is 11.0. The second kappa shape index (κ2) is 3.76. The Labute approximate surface area is 92.3 Å². The van der Waals surface area contributed by atoms with Gasteiger partial charge in [0, 0.05) is 19.6 Å². The molecular formula is C13H20N2. The molecule has 0 aromatic heterocycles. The van der Waals surface area contributed by atoms with Gasteiger partial charge >= 0.3 is 0 Å². The van der Waals surface area contributed by atoms with Crippen LogP contribution in [0.25, 0.3) is 0 Å². The second-order valence-electron chi connectivity index (χ2n) is 4.73. The molecule has 2 heteroatoms. The van der Waals surface area contributed by atoms with Crippen LogP contribution in [0, 0.1) is 13.8 Å². The Kier molecular flexibility index (Phi) is 2.59. The molecule has 1 aliphatic heterocycles. The van der Waals surface area contributed by atoms with Crippen molar-refractivity contribution < 1.29 is 0 Å². The van der Waals surface area contributed by atoms with Crippen molar-refractivity contribution in [2.75, 3.05) is 23.8 Å². The van der Waals surface area contributed by atoms with E-state index in [0.717, 1.165) is 6.54 Å². The maximum atomic E-state index is 3.61. The van der Waals surface area contributed by atoms with E-state index < -0.39 is 0 Å². The van der Waals surface area contributed by atoms with E-state index in [2.05, 4.69) is 50.2 Å². The normalized spacial score (nSPS) is 20.5. The quantitative estimate of drug-likeness (QED) is 0.699. The monoisotopic (exact) mass is 204 g/mol. The average molecular weight is 204 g/mol. The molecule has 15 heavy (non-hydrogen) atoms. The van der Waals surface area contributed by atoms with E-state index in [1.165, 1.54) is 28.9 Å². The molecule has 0 bridgehead atoms. The van der Waals surface area contributed by atoms with Gasteiger partial charge in [-0.1, -0.05) is 6.07 Å². The highest BCUT2D eigenvalue weighted by atomic mass is 15.1. The topological polar surface area (TPSA) is 15.3 Å². The van der Waals surface area contributed by atoms with Gasteiger partial charge < -0.3 is 10.2 Å². The number of fused-ring (bicyclic) bond motifs is 1. The van der Waals surface area contributed by atoms with E-state index in [9.17, 15) is 0 Å². The van der Waals surface area contributed by atoms with Gasteiger partial charge in [0.25, 0.3) is 0 Å². The molecule has 0 radical (unpaired) electrons. The zero-order valence-corrected chi connectivity index (χ0v) is 10.1. The van der Waals surface area contributed by atoms with E-state index in [4.69, 9.17) is 0 Å². The van der Waals surface area contributed by atoms with Crippen molar-refractivity contribution in [3.63, 3.8) is 0 Å². The molecule has 1 unspecified atom stereocenters. The fraction of sp³-hybridized carbons (Fsp3) is 0.538. The Balaban J connectivity index is 2.52. The molecule has 82 valence electrons. The molecule has 0 fully saturated rings. The van der Waals surface area contributed by atoms with Crippen LogP contribution in [-0.4, -0.2) is 19.6 Å².